The van der Waals surface area contributed by atoms with Gasteiger partial charge in [0.05, 0.1) is 10.5 Å². The van der Waals surface area contributed by atoms with Crippen molar-refractivity contribution < 1.29 is 9.53 Å². The van der Waals surface area contributed by atoms with Crippen molar-refractivity contribution in [3.05, 3.63) is 50.8 Å². The molecule has 0 aliphatic rings. The molecule has 3 rings (SSSR count). The fraction of sp³-hybridized carbons (Fsp3) is 0.176. The van der Waals surface area contributed by atoms with Crippen LogP contribution in [0.1, 0.15) is 20.2 Å². The molecular formula is C17H18ClN5O2S. The molecule has 2 heterocycles. The van der Waals surface area contributed by atoms with Crippen LogP contribution in [0.2, 0.25) is 5.02 Å². The number of H-pyrrole nitrogens is 1. The molecule has 136 valence electrons. The lowest BCUT2D eigenvalue weighted by Gasteiger charge is -2.06. The Labute approximate surface area is 159 Å². The van der Waals surface area contributed by atoms with Crippen molar-refractivity contribution in [2.24, 2.45) is 16.5 Å². The van der Waals surface area contributed by atoms with Crippen LogP contribution >= 0.6 is 22.9 Å². The summed E-state index contributed by atoms with van der Waals surface area (Å²) in [5.41, 5.74) is 12.2. The maximum absolute atomic E-state index is 12.1. The number of rotatable bonds is 5. The van der Waals surface area contributed by atoms with E-state index >= 15 is 0 Å². The fourth-order valence-corrected chi connectivity index (χ4v) is 3.45. The van der Waals surface area contributed by atoms with Crippen LogP contribution in [0, 0.1) is 0 Å². The number of fused-ring (bicyclic) bond motifs is 1. The fourth-order valence-electron chi connectivity index (χ4n) is 2.38. The average molecular weight is 392 g/mol. The lowest BCUT2D eigenvalue weighted by atomic mass is 10.2. The molecule has 0 unspecified atom stereocenters. The van der Waals surface area contributed by atoms with Crippen LogP contribution in [0.5, 0.6) is 5.75 Å². The summed E-state index contributed by atoms with van der Waals surface area (Å²) in [6.07, 6.45) is 0. The number of nitrogens with one attached hydrogen (secondary N) is 2. The van der Waals surface area contributed by atoms with Gasteiger partial charge in [-0.1, -0.05) is 11.6 Å². The number of carbonyl (C=O) groups excluding carboxylic acids is 1. The number of hydrogen-bond acceptors (Lipinski definition) is 5. The molecule has 0 aliphatic heterocycles. The minimum atomic E-state index is -0.393. The number of hydrogen-bond donors (Lipinski definition) is 4. The number of aliphatic imine (C=N–C) groups is 1. The van der Waals surface area contributed by atoms with Crippen molar-refractivity contribution in [1.82, 2.24) is 10.3 Å². The maximum atomic E-state index is 12.1. The van der Waals surface area contributed by atoms with E-state index in [9.17, 15) is 4.79 Å². The normalized spacial score (nSPS) is 11.7. The minimum absolute atomic E-state index is 0.0385. The van der Waals surface area contributed by atoms with Crippen molar-refractivity contribution in [2.75, 3.05) is 7.05 Å². The highest BCUT2D eigenvalue weighted by Crippen LogP contribution is 2.30. The van der Waals surface area contributed by atoms with Gasteiger partial charge in [0.15, 0.2) is 5.96 Å². The second-order valence-corrected chi connectivity index (χ2v) is 7.13. The molecule has 6 N–H and O–H groups in total. The minimum Gasteiger partial charge on any atom is -0.488 e. The van der Waals surface area contributed by atoms with Crippen LogP contribution in [-0.4, -0.2) is 23.9 Å². The Morgan fingerprint density at radius 1 is 1.35 bits per heavy atom. The van der Waals surface area contributed by atoms with E-state index in [4.69, 9.17) is 27.8 Å². The summed E-state index contributed by atoms with van der Waals surface area (Å²) in [4.78, 5) is 21.0. The highest BCUT2D eigenvalue weighted by molar-refractivity contribution is 7.11. The molecule has 1 amide bonds. The number of nitrogens with two attached hydrogens (primary N) is 2. The van der Waals surface area contributed by atoms with E-state index in [0.717, 1.165) is 15.1 Å². The van der Waals surface area contributed by atoms with Crippen LogP contribution in [0.25, 0.3) is 10.9 Å². The summed E-state index contributed by atoms with van der Waals surface area (Å²) in [5, 5.41) is 3.67. The van der Waals surface area contributed by atoms with Gasteiger partial charge >= 0.3 is 0 Å². The van der Waals surface area contributed by atoms with Crippen molar-refractivity contribution in [3.63, 3.8) is 0 Å². The zero-order valence-electron chi connectivity index (χ0n) is 14.0. The van der Waals surface area contributed by atoms with Gasteiger partial charge in [0.2, 0.25) is 0 Å². The third-order valence-corrected chi connectivity index (χ3v) is 5.08. The van der Waals surface area contributed by atoms with Crippen molar-refractivity contribution in [1.29, 1.82) is 0 Å². The van der Waals surface area contributed by atoms with Gasteiger partial charge in [-0.3, -0.25) is 15.1 Å². The molecule has 2 aromatic heterocycles. The molecule has 3 aromatic rings. The highest BCUT2D eigenvalue weighted by Gasteiger charge is 2.13. The van der Waals surface area contributed by atoms with Gasteiger partial charge in [-0.15, -0.1) is 11.3 Å². The lowest BCUT2D eigenvalue weighted by molar-refractivity contribution is 0.0972. The summed E-state index contributed by atoms with van der Waals surface area (Å²) in [6.45, 7) is 0.938. The van der Waals surface area contributed by atoms with E-state index in [1.165, 1.54) is 7.05 Å². The number of thiophene rings is 1. The Bertz CT molecular complexity index is 979. The van der Waals surface area contributed by atoms with Crippen molar-refractivity contribution in [2.45, 2.75) is 13.2 Å². The van der Waals surface area contributed by atoms with Gasteiger partial charge in [0, 0.05) is 34.8 Å². The van der Waals surface area contributed by atoms with Crippen molar-refractivity contribution in [3.8, 4) is 5.75 Å². The Hall–Kier alpha value is -2.55. The highest BCUT2D eigenvalue weighted by atomic mass is 35.5. The van der Waals surface area contributed by atoms with Gasteiger partial charge in [-0.05, 0) is 24.3 Å². The van der Waals surface area contributed by atoms with Crippen LogP contribution < -0.4 is 21.5 Å². The number of ether oxygens (including phenoxy) is 1. The van der Waals surface area contributed by atoms with Crippen molar-refractivity contribution >= 4 is 45.7 Å². The van der Waals surface area contributed by atoms with Crippen LogP contribution in [0.15, 0.2) is 35.3 Å². The van der Waals surface area contributed by atoms with Crippen LogP contribution in [0.3, 0.4) is 0 Å². The largest absolute Gasteiger partial charge is 0.488 e. The summed E-state index contributed by atoms with van der Waals surface area (Å²) >= 11 is 7.94. The molecular weight excluding hydrogens is 374 g/mol. The van der Waals surface area contributed by atoms with Gasteiger partial charge in [0.1, 0.15) is 18.1 Å². The van der Waals surface area contributed by atoms with E-state index in [1.807, 2.05) is 12.1 Å². The third-order valence-electron chi connectivity index (χ3n) is 3.69. The van der Waals surface area contributed by atoms with E-state index in [0.29, 0.717) is 35.1 Å². The molecule has 0 radical (unpaired) electrons. The number of guanidine groups is 1. The monoisotopic (exact) mass is 391 g/mol. The summed E-state index contributed by atoms with van der Waals surface area (Å²) in [6, 6.07) is 9.16. The Morgan fingerprint density at radius 2 is 2.12 bits per heavy atom. The van der Waals surface area contributed by atoms with E-state index in [-0.39, 0.29) is 5.96 Å². The number of carbonyl (C=O) groups is 1. The Balaban J connectivity index is 1.79. The van der Waals surface area contributed by atoms with Crippen LogP contribution in [-0.2, 0) is 13.2 Å². The molecule has 1 aromatic carbocycles. The first-order valence-corrected chi connectivity index (χ1v) is 8.96. The lowest BCUT2D eigenvalue weighted by Crippen LogP contribution is -2.36. The predicted molar refractivity (Wildman–Crippen MR) is 105 cm³/mol. The Morgan fingerprint density at radius 3 is 2.81 bits per heavy atom. The number of nitrogens with zero attached hydrogens (tertiary/aromatic N) is 1. The number of halogens is 1. The van der Waals surface area contributed by atoms with Gasteiger partial charge in [-0.2, -0.15) is 0 Å². The molecule has 0 saturated heterocycles. The molecule has 7 nitrogen and oxygen atoms in total. The van der Waals surface area contributed by atoms with E-state index in [2.05, 4.69) is 15.3 Å². The molecule has 0 aliphatic carbocycles. The smallest absolute Gasteiger partial charge is 0.274 e. The molecule has 26 heavy (non-hydrogen) atoms. The third kappa shape index (κ3) is 3.98. The number of benzene rings is 1. The zero-order valence-corrected chi connectivity index (χ0v) is 15.6. The number of aromatic amines is 1. The second kappa shape index (κ2) is 7.77. The number of amides is 1. The standard InChI is InChI=1S/C17H18ClN5O2S/c1-21-17(20)23-16(24)15-6-12-13(18)4-9(5-14(12)22-15)25-8-11-3-2-10(7-19)26-11/h2-6,22H,7-8,19H2,1H3,(H3,20,21,23,24). The van der Waals surface area contributed by atoms with Crippen LogP contribution in [0.4, 0.5) is 0 Å². The Kier molecular flexibility index (Phi) is 5.46. The molecule has 9 heteroatoms. The molecule has 0 spiro atoms. The van der Waals surface area contributed by atoms with Gasteiger partial charge in [-0.25, -0.2) is 0 Å². The summed E-state index contributed by atoms with van der Waals surface area (Å²) in [5.74, 6) is 0.251. The average Bonchev–Trinajstić information content (AvgIpc) is 3.26. The van der Waals surface area contributed by atoms with E-state index in [1.54, 1.807) is 29.5 Å². The van der Waals surface area contributed by atoms with E-state index < -0.39 is 5.91 Å². The quantitative estimate of drug-likeness (QED) is 0.394. The van der Waals surface area contributed by atoms with Gasteiger partial charge in [0.25, 0.3) is 5.91 Å². The second-order valence-electron chi connectivity index (χ2n) is 5.47. The summed E-state index contributed by atoms with van der Waals surface area (Å²) < 4.78 is 5.82. The van der Waals surface area contributed by atoms with Gasteiger partial charge < -0.3 is 21.2 Å². The molecule has 0 saturated carbocycles. The first kappa shape index (κ1) is 18.2. The zero-order chi connectivity index (χ0) is 18.7. The maximum Gasteiger partial charge on any atom is 0.274 e. The molecule has 0 fully saturated rings. The summed E-state index contributed by atoms with van der Waals surface area (Å²) in [7, 11) is 1.49. The first-order chi connectivity index (χ1) is 12.5. The SMILES string of the molecule is CN=C(N)NC(=O)c1cc2c(Cl)cc(OCc3ccc(CN)s3)cc2[nH]1. The molecule has 0 bridgehead atoms. The molecule has 0 atom stereocenters. The first-order valence-electron chi connectivity index (χ1n) is 7.76. The number of aromatic nitrogens is 1. The topological polar surface area (TPSA) is 119 Å². The predicted octanol–water partition coefficient (Wildman–Crippen LogP) is 2.59.